The van der Waals surface area contributed by atoms with E-state index < -0.39 is 9.84 Å². The quantitative estimate of drug-likeness (QED) is 0.920. The van der Waals surface area contributed by atoms with Crippen LogP contribution >= 0.6 is 0 Å². The molecule has 0 fully saturated rings. The Morgan fingerprint density at radius 1 is 1.00 bits per heavy atom. The highest BCUT2D eigenvalue weighted by Crippen LogP contribution is 2.16. The van der Waals surface area contributed by atoms with Crippen LogP contribution in [0.15, 0.2) is 59.5 Å². The molecule has 2 aromatic rings. The molecule has 94 valence electrons. The van der Waals surface area contributed by atoms with Crippen LogP contribution in [0.2, 0.25) is 0 Å². The summed E-state index contributed by atoms with van der Waals surface area (Å²) in [6.45, 7) is 0.675. The van der Waals surface area contributed by atoms with Gasteiger partial charge >= 0.3 is 0 Å². The van der Waals surface area contributed by atoms with Crippen molar-refractivity contribution in [3.8, 4) is 0 Å². The van der Waals surface area contributed by atoms with Crippen molar-refractivity contribution in [1.82, 2.24) is 0 Å². The van der Waals surface area contributed by atoms with Gasteiger partial charge in [0.05, 0.1) is 4.90 Å². The highest BCUT2D eigenvalue weighted by atomic mass is 32.2. The lowest BCUT2D eigenvalue weighted by atomic mass is 10.2. The monoisotopic (exact) mass is 261 g/mol. The minimum atomic E-state index is -3.15. The summed E-state index contributed by atoms with van der Waals surface area (Å²) in [7, 11) is -3.15. The zero-order valence-electron chi connectivity index (χ0n) is 10.1. The molecular formula is C14H15NO2S. The van der Waals surface area contributed by atoms with Crippen LogP contribution in [0.25, 0.3) is 0 Å². The lowest BCUT2D eigenvalue weighted by molar-refractivity contribution is 0.602. The molecule has 0 amide bonds. The summed E-state index contributed by atoms with van der Waals surface area (Å²) in [5.74, 6) is 0. The first-order chi connectivity index (χ1) is 8.55. The van der Waals surface area contributed by atoms with Crippen LogP contribution in [0.4, 0.5) is 5.69 Å². The molecule has 0 aliphatic rings. The van der Waals surface area contributed by atoms with E-state index in [4.69, 9.17) is 0 Å². The number of hydrogen-bond donors (Lipinski definition) is 1. The molecule has 0 atom stereocenters. The minimum absolute atomic E-state index is 0.334. The van der Waals surface area contributed by atoms with Crippen LogP contribution in [-0.2, 0) is 16.4 Å². The third kappa shape index (κ3) is 3.34. The third-order valence-corrected chi connectivity index (χ3v) is 3.71. The molecule has 0 unspecified atom stereocenters. The summed E-state index contributed by atoms with van der Waals surface area (Å²) in [6, 6.07) is 16.8. The topological polar surface area (TPSA) is 46.2 Å². The fourth-order valence-electron chi connectivity index (χ4n) is 1.64. The molecule has 3 nitrogen and oxygen atoms in total. The number of rotatable bonds is 4. The second-order valence-electron chi connectivity index (χ2n) is 4.14. The van der Waals surface area contributed by atoms with Gasteiger partial charge in [0.1, 0.15) is 0 Å². The van der Waals surface area contributed by atoms with Gasteiger partial charge in [0.15, 0.2) is 9.84 Å². The Bertz CT molecular complexity index is 621. The molecule has 2 rings (SSSR count). The predicted octanol–water partition coefficient (Wildman–Crippen LogP) is 2.70. The Hall–Kier alpha value is -1.81. The summed E-state index contributed by atoms with van der Waals surface area (Å²) < 4.78 is 22.9. The minimum Gasteiger partial charge on any atom is -0.381 e. The molecule has 4 heteroatoms. The van der Waals surface area contributed by atoms with Gasteiger partial charge < -0.3 is 5.32 Å². The zero-order chi connectivity index (χ0) is 13.0. The summed E-state index contributed by atoms with van der Waals surface area (Å²) in [5.41, 5.74) is 1.96. The van der Waals surface area contributed by atoms with Crippen molar-refractivity contribution < 1.29 is 8.42 Å². The molecule has 18 heavy (non-hydrogen) atoms. The van der Waals surface area contributed by atoms with E-state index in [0.717, 1.165) is 11.3 Å². The number of benzene rings is 2. The fourth-order valence-corrected chi connectivity index (χ4v) is 2.30. The van der Waals surface area contributed by atoms with Crippen LogP contribution in [-0.4, -0.2) is 14.7 Å². The average Bonchev–Trinajstić information content (AvgIpc) is 2.37. The Balaban J connectivity index is 2.11. The van der Waals surface area contributed by atoms with Crippen LogP contribution in [0.1, 0.15) is 5.56 Å². The van der Waals surface area contributed by atoms with Gasteiger partial charge in [0.25, 0.3) is 0 Å². The van der Waals surface area contributed by atoms with Crippen molar-refractivity contribution in [3.63, 3.8) is 0 Å². The Morgan fingerprint density at radius 3 is 2.39 bits per heavy atom. The van der Waals surface area contributed by atoms with Gasteiger partial charge in [-0.15, -0.1) is 0 Å². The lowest BCUT2D eigenvalue weighted by Gasteiger charge is -2.07. The Labute approximate surface area is 107 Å². The molecule has 1 N–H and O–H groups in total. The van der Waals surface area contributed by atoms with Gasteiger partial charge in [-0.3, -0.25) is 0 Å². The van der Waals surface area contributed by atoms with Gasteiger partial charge in [0, 0.05) is 18.5 Å². The molecule has 0 heterocycles. The lowest BCUT2D eigenvalue weighted by Crippen LogP contribution is -2.01. The van der Waals surface area contributed by atoms with Crippen molar-refractivity contribution in [2.24, 2.45) is 0 Å². The van der Waals surface area contributed by atoms with Gasteiger partial charge in [-0.2, -0.15) is 0 Å². The molecule has 0 saturated carbocycles. The molecule has 0 radical (unpaired) electrons. The van der Waals surface area contributed by atoms with Gasteiger partial charge in [-0.05, 0) is 23.8 Å². The maximum Gasteiger partial charge on any atom is 0.175 e. The molecule has 0 spiro atoms. The first kappa shape index (κ1) is 12.6. The first-order valence-corrected chi connectivity index (χ1v) is 7.53. The maximum absolute atomic E-state index is 11.4. The Kier molecular flexibility index (Phi) is 3.67. The average molecular weight is 261 g/mol. The van der Waals surface area contributed by atoms with E-state index in [1.807, 2.05) is 36.4 Å². The fraction of sp³-hybridized carbons (Fsp3) is 0.143. The highest BCUT2D eigenvalue weighted by Gasteiger charge is 2.06. The largest absolute Gasteiger partial charge is 0.381 e. The van der Waals surface area contributed by atoms with Crippen LogP contribution in [0.5, 0.6) is 0 Å². The van der Waals surface area contributed by atoms with Crippen LogP contribution in [0.3, 0.4) is 0 Å². The number of anilines is 1. The molecule has 0 aliphatic carbocycles. The molecule has 0 saturated heterocycles. The van der Waals surface area contributed by atoms with E-state index in [0.29, 0.717) is 11.4 Å². The number of nitrogens with one attached hydrogen (secondary N) is 1. The normalized spacial score (nSPS) is 11.2. The van der Waals surface area contributed by atoms with E-state index >= 15 is 0 Å². The third-order valence-electron chi connectivity index (χ3n) is 2.60. The van der Waals surface area contributed by atoms with Crippen molar-refractivity contribution >= 4 is 15.5 Å². The summed E-state index contributed by atoms with van der Waals surface area (Å²) in [6.07, 6.45) is 1.21. The van der Waals surface area contributed by atoms with E-state index in [-0.39, 0.29) is 0 Å². The van der Waals surface area contributed by atoms with Crippen molar-refractivity contribution in [3.05, 3.63) is 60.2 Å². The smallest absolute Gasteiger partial charge is 0.175 e. The van der Waals surface area contributed by atoms with Gasteiger partial charge in [0.2, 0.25) is 0 Å². The molecule has 0 aromatic heterocycles. The van der Waals surface area contributed by atoms with Crippen molar-refractivity contribution in [2.45, 2.75) is 11.4 Å². The van der Waals surface area contributed by atoms with Gasteiger partial charge in [-0.25, -0.2) is 8.42 Å². The van der Waals surface area contributed by atoms with Crippen molar-refractivity contribution in [1.29, 1.82) is 0 Å². The van der Waals surface area contributed by atoms with Gasteiger partial charge in [-0.1, -0.05) is 36.4 Å². The summed E-state index contributed by atoms with van der Waals surface area (Å²) in [4.78, 5) is 0.334. The van der Waals surface area contributed by atoms with E-state index in [1.165, 1.54) is 6.26 Å². The molecule has 0 aliphatic heterocycles. The standard InChI is InChI=1S/C14H15NO2S/c1-18(16,17)14-9-5-8-13(10-14)15-11-12-6-3-2-4-7-12/h2-10,15H,11H2,1H3. The van der Waals surface area contributed by atoms with E-state index in [9.17, 15) is 8.42 Å². The molecule has 2 aromatic carbocycles. The van der Waals surface area contributed by atoms with Crippen LogP contribution < -0.4 is 5.32 Å². The summed E-state index contributed by atoms with van der Waals surface area (Å²) >= 11 is 0. The Morgan fingerprint density at radius 2 is 1.72 bits per heavy atom. The summed E-state index contributed by atoms with van der Waals surface area (Å²) in [5, 5.41) is 3.21. The van der Waals surface area contributed by atoms with E-state index in [1.54, 1.807) is 18.2 Å². The molecule has 0 bridgehead atoms. The predicted molar refractivity (Wildman–Crippen MR) is 73.3 cm³/mol. The van der Waals surface area contributed by atoms with Crippen LogP contribution in [0, 0.1) is 0 Å². The number of sulfone groups is 1. The maximum atomic E-state index is 11.4. The highest BCUT2D eigenvalue weighted by molar-refractivity contribution is 7.90. The SMILES string of the molecule is CS(=O)(=O)c1cccc(NCc2ccccc2)c1. The second kappa shape index (κ2) is 5.23. The molecular weight excluding hydrogens is 246 g/mol. The number of hydrogen-bond acceptors (Lipinski definition) is 3. The first-order valence-electron chi connectivity index (χ1n) is 5.63. The van der Waals surface area contributed by atoms with E-state index in [2.05, 4.69) is 5.32 Å². The second-order valence-corrected chi connectivity index (χ2v) is 6.15. The van der Waals surface area contributed by atoms with Crippen molar-refractivity contribution in [2.75, 3.05) is 11.6 Å². The zero-order valence-corrected chi connectivity index (χ0v) is 10.9.